The molecule has 0 aliphatic heterocycles. The Morgan fingerprint density at radius 1 is 1.55 bits per heavy atom. The minimum atomic E-state index is 0.181. The third-order valence-corrected chi connectivity index (χ3v) is 1.74. The Kier molecular flexibility index (Phi) is 5.30. The molecule has 0 rings (SSSR count). The Labute approximate surface area is 73.5 Å². The van der Waals surface area contributed by atoms with Crippen LogP contribution < -0.4 is 0 Å². The molecule has 11 heavy (non-hydrogen) atoms. The standard InChI is InChI=1S/C8H16ClNO/c1-4-8(11)10(6-5-9)7(2)3/h7H,4-6H2,1-3H3. The maximum absolute atomic E-state index is 11.2. The summed E-state index contributed by atoms with van der Waals surface area (Å²) in [6, 6.07) is 0.265. The highest BCUT2D eigenvalue weighted by molar-refractivity contribution is 6.18. The number of amides is 1. The van der Waals surface area contributed by atoms with E-state index in [9.17, 15) is 4.79 Å². The molecule has 66 valence electrons. The highest BCUT2D eigenvalue weighted by Crippen LogP contribution is 2.01. The van der Waals surface area contributed by atoms with Crippen molar-refractivity contribution in [3.63, 3.8) is 0 Å². The topological polar surface area (TPSA) is 20.3 Å². The minimum Gasteiger partial charge on any atom is -0.339 e. The Morgan fingerprint density at radius 3 is 2.36 bits per heavy atom. The van der Waals surface area contributed by atoms with Gasteiger partial charge in [0, 0.05) is 24.9 Å². The molecule has 0 aromatic rings. The smallest absolute Gasteiger partial charge is 0.222 e. The van der Waals surface area contributed by atoms with Gasteiger partial charge in [0.15, 0.2) is 0 Å². The largest absolute Gasteiger partial charge is 0.339 e. The molecular formula is C8H16ClNO. The molecule has 0 N–H and O–H groups in total. The highest BCUT2D eigenvalue weighted by atomic mass is 35.5. The van der Waals surface area contributed by atoms with Gasteiger partial charge in [-0.2, -0.15) is 0 Å². The molecule has 1 amide bonds. The molecule has 0 radical (unpaired) electrons. The molecule has 2 nitrogen and oxygen atoms in total. The average Bonchev–Trinajstić information content (AvgIpc) is 1.98. The molecule has 0 aliphatic carbocycles. The van der Waals surface area contributed by atoms with Crippen molar-refractivity contribution < 1.29 is 4.79 Å². The SMILES string of the molecule is CCC(=O)N(CCCl)C(C)C. The number of hydrogen-bond donors (Lipinski definition) is 0. The monoisotopic (exact) mass is 177 g/mol. The third kappa shape index (κ3) is 3.61. The lowest BCUT2D eigenvalue weighted by atomic mass is 10.3. The highest BCUT2D eigenvalue weighted by Gasteiger charge is 2.13. The van der Waals surface area contributed by atoms with Crippen molar-refractivity contribution in [1.82, 2.24) is 4.90 Å². The van der Waals surface area contributed by atoms with E-state index in [1.165, 1.54) is 0 Å². The summed E-state index contributed by atoms with van der Waals surface area (Å²) >= 11 is 5.55. The molecule has 0 atom stereocenters. The number of carbonyl (C=O) groups excluding carboxylic acids is 1. The second kappa shape index (κ2) is 5.42. The summed E-state index contributed by atoms with van der Waals surface area (Å²) in [5, 5.41) is 0. The summed E-state index contributed by atoms with van der Waals surface area (Å²) in [4.78, 5) is 13.0. The Hall–Kier alpha value is -0.240. The van der Waals surface area contributed by atoms with E-state index in [-0.39, 0.29) is 11.9 Å². The first kappa shape index (κ1) is 10.8. The Bertz CT molecular complexity index is 125. The van der Waals surface area contributed by atoms with E-state index in [0.29, 0.717) is 18.8 Å². The summed E-state index contributed by atoms with van der Waals surface area (Å²) < 4.78 is 0. The predicted molar refractivity (Wildman–Crippen MR) is 47.9 cm³/mol. The van der Waals surface area contributed by atoms with E-state index < -0.39 is 0 Å². The fourth-order valence-corrected chi connectivity index (χ4v) is 1.15. The molecule has 0 bridgehead atoms. The average molecular weight is 178 g/mol. The van der Waals surface area contributed by atoms with Crippen molar-refractivity contribution in [3.05, 3.63) is 0 Å². The van der Waals surface area contributed by atoms with Gasteiger partial charge < -0.3 is 4.90 Å². The zero-order chi connectivity index (χ0) is 8.85. The normalized spacial score (nSPS) is 10.3. The molecule has 0 heterocycles. The fraction of sp³-hybridized carbons (Fsp3) is 0.875. The quantitative estimate of drug-likeness (QED) is 0.601. The van der Waals surface area contributed by atoms with Crippen LogP contribution in [0.3, 0.4) is 0 Å². The van der Waals surface area contributed by atoms with Crippen LogP contribution in [0.2, 0.25) is 0 Å². The fourth-order valence-electron chi connectivity index (χ4n) is 0.965. The lowest BCUT2D eigenvalue weighted by Crippen LogP contribution is -2.37. The van der Waals surface area contributed by atoms with E-state index in [2.05, 4.69) is 0 Å². The lowest BCUT2D eigenvalue weighted by molar-refractivity contribution is -0.132. The van der Waals surface area contributed by atoms with Crippen LogP contribution in [0.1, 0.15) is 27.2 Å². The Morgan fingerprint density at radius 2 is 2.09 bits per heavy atom. The first-order chi connectivity index (χ1) is 5.13. The molecule has 0 fully saturated rings. The maximum atomic E-state index is 11.2. The van der Waals surface area contributed by atoms with Gasteiger partial charge in [-0.25, -0.2) is 0 Å². The second-order valence-corrected chi connectivity index (χ2v) is 3.10. The summed E-state index contributed by atoms with van der Waals surface area (Å²) in [5.74, 6) is 0.699. The molecule has 0 aliphatic rings. The summed E-state index contributed by atoms with van der Waals surface area (Å²) in [6.07, 6.45) is 0.565. The molecule has 0 spiro atoms. The number of rotatable bonds is 4. The minimum absolute atomic E-state index is 0.181. The number of halogens is 1. The van der Waals surface area contributed by atoms with Crippen LogP contribution in [0.25, 0.3) is 0 Å². The molecule has 0 saturated carbocycles. The van der Waals surface area contributed by atoms with Crippen molar-refractivity contribution in [1.29, 1.82) is 0 Å². The molecule has 0 saturated heterocycles. The zero-order valence-electron chi connectivity index (χ0n) is 7.43. The van der Waals surface area contributed by atoms with Crippen LogP contribution in [0.5, 0.6) is 0 Å². The van der Waals surface area contributed by atoms with Crippen molar-refractivity contribution >= 4 is 17.5 Å². The Balaban J connectivity index is 3.98. The van der Waals surface area contributed by atoms with Crippen LogP contribution in [-0.4, -0.2) is 29.3 Å². The molecule has 0 aromatic carbocycles. The van der Waals surface area contributed by atoms with Gasteiger partial charge in [-0.1, -0.05) is 6.92 Å². The lowest BCUT2D eigenvalue weighted by Gasteiger charge is -2.25. The van der Waals surface area contributed by atoms with Gasteiger partial charge in [0.05, 0.1) is 0 Å². The number of nitrogens with zero attached hydrogens (tertiary/aromatic N) is 1. The second-order valence-electron chi connectivity index (χ2n) is 2.72. The molecule has 3 heteroatoms. The third-order valence-electron chi connectivity index (χ3n) is 1.57. The van der Waals surface area contributed by atoms with Crippen molar-refractivity contribution in [2.24, 2.45) is 0 Å². The van der Waals surface area contributed by atoms with Gasteiger partial charge in [0.2, 0.25) is 5.91 Å². The van der Waals surface area contributed by atoms with Gasteiger partial charge in [-0.15, -0.1) is 11.6 Å². The van der Waals surface area contributed by atoms with Gasteiger partial charge in [0.1, 0.15) is 0 Å². The molecule has 0 aromatic heterocycles. The van der Waals surface area contributed by atoms with Gasteiger partial charge in [0.25, 0.3) is 0 Å². The van der Waals surface area contributed by atoms with Crippen LogP contribution in [0.15, 0.2) is 0 Å². The number of alkyl halides is 1. The molecular weight excluding hydrogens is 162 g/mol. The van der Waals surface area contributed by atoms with E-state index in [1.54, 1.807) is 4.90 Å². The van der Waals surface area contributed by atoms with E-state index in [4.69, 9.17) is 11.6 Å². The summed E-state index contributed by atoms with van der Waals surface area (Å²) in [5.41, 5.74) is 0. The number of carbonyl (C=O) groups is 1. The van der Waals surface area contributed by atoms with Crippen LogP contribution in [0.4, 0.5) is 0 Å². The van der Waals surface area contributed by atoms with Gasteiger partial charge >= 0.3 is 0 Å². The van der Waals surface area contributed by atoms with Crippen LogP contribution >= 0.6 is 11.6 Å². The van der Waals surface area contributed by atoms with Crippen molar-refractivity contribution in [2.45, 2.75) is 33.2 Å². The van der Waals surface area contributed by atoms with Crippen LogP contribution in [-0.2, 0) is 4.79 Å². The van der Waals surface area contributed by atoms with Crippen LogP contribution in [0, 0.1) is 0 Å². The zero-order valence-corrected chi connectivity index (χ0v) is 8.19. The van der Waals surface area contributed by atoms with E-state index in [1.807, 2.05) is 20.8 Å². The van der Waals surface area contributed by atoms with Crippen molar-refractivity contribution in [3.8, 4) is 0 Å². The first-order valence-electron chi connectivity index (χ1n) is 3.98. The molecule has 0 unspecified atom stereocenters. The predicted octanol–water partition coefficient (Wildman–Crippen LogP) is 1.87. The van der Waals surface area contributed by atoms with E-state index >= 15 is 0 Å². The van der Waals surface area contributed by atoms with Crippen molar-refractivity contribution in [2.75, 3.05) is 12.4 Å². The maximum Gasteiger partial charge on any atom is 0.222 e. The van der Waals surface area contributed by atoms with Gasteiger partial charge in [-0.05, 0) is 13.8 Å². The summed E-state index contributed by atoms with van der Waals surface area (Å²) in [6.45, 7) is 6.53. The first-order valence-corrected chi connectivity index (χ1v) is 4.52. The van der Waals surface area contributed by atoms with Gasteiger partial charge in [-0.3, -0.25) is 4.79 Å². The van der Waals surface area contributed by atoms with E-state index in [0.717, 1.165) is 0 Å². The number of hydrogen-bond acceptors (Lipinski definition) is 1. The summed E-state index contributed by atoms with van der Waals surface area (Å²) in [7, 11) is 0.